The van der Waals surface area contributed by atoms with Crippen molar-refractivity contribution in [1.82, 2.24) is 10.3 Å². The van der Waals surface area contributed by atoms with E-state index in [0.717, 1.165) is 52.2 Å². The summed E-state index contributed by atoms with van der Waals surface area (Å²) in [5, 5.41) is 16.0. The number of carboxylic acids is 1. The molecule has 34 heavy (non-hydrogen) atoms. The number of ether oxygens (including phenoxy) is 1. The number of hydrogen-bond donors (Lipinski definition) is 2. The SMILES string of the molecule is C[C@H](Oc1ccc2c3c(c(=O)oc2c1)CCC3)C(=O)N[C@@H](Cc1c[nH]c2ccccc12)C(=O)[O-]. The summed E-state index contributed by atoms with van der Waals surface area (Å²) in [7, 11) is 0. The predicted molar refractivity (Wildman–Crippen MR) is 124 cm³/mol. The smallest absolute Gasteiger partial charge is 0.339 e. The molecule has 0 saturated carbocycles. The van der Waals surface area contributed by atoms with Crippen molar-refractivity contribution < 1.29 is 23.8 Å². The Bertz CT molecular complexity index is 1470. The van der Waals surface area contributed by atoms with Crippen LogP contribution in [0.3, 0.4) is 0 Å². The zero-order valence-corrected chi connectivity index (χ0v) is 18.6. The van der Waals surface area contributed by atoms with Gasteiger partial charge in [0.15, 0.2) is 6.10 Å². The summed E-state index contributed by atoms with van der Waals surface area (Å²) in [6.07, 6.45) is 3.29. The molecule has 4 aromatic rings. The molecule has 1 aliphatic rings. The molecule has 2 heterocycles. The number of aryl methyl sites for hydroxylation is 1. The normalized spacial score (nSPS) is 14.6. The van der Waals surface area contributed by atoms with Crippen LogP contribution in [0.5, 0.6) is 5.75 Å². The minimum atomic E-state index is -1.38. The number of nitrogens with one attached hydrogen (secondary N) is 2. The molecule has 0 saturated heterocycles. The predicted octanol–water partition coefficient (Wildman–Crippen LogP) is 2.01. The third-order valence-electron chi connectivity index (χ3n) is 6.33. The Morgan fingerprint density at radius 1 is 1.15 bits per heavy atom. The van der Waals surface area contributed by atoms with E-state index < -0.39 is 24.0 Å². The number of amides is 1. The molecule has 8 nitrogen and oxygen atoms in total. The van der Waals surface area contributed by atoms with Crippen LogP contribution < -0.4 is 20.8 Å². The van der Waals surface area contributed by atoms with Gasteiger partial charge >= 0.3 is 5.63 Å². The Hall–Kier alpha value is -4.07. The number of rotatable bonds is 7. The maximum atomic E-state index is 12.7. The topological polar surface area (TPSA) is 124 Å². The molecule has 0 unspecified atom stereocenters. The molecule has 2 aromatic carbocycles. The van der Waals surface area contributed by atoms with Gasteiger partial charge in [0.1, 0.15) is 11.3 Å². The average molecular weight is 459 g/mol. The number of benzene rings is 2. The van der Waals surface area contributed by atoms with Crippen LogP contribution in [0.2, 0.25) is 0 Å². The van der Waals surface area contributed by atoms with E-state index in [0.29, 0.717) is 11.3 Å². The third kappa shape index (κ3) is 4.03. The monoisotopic (exact) mass is 459 g/mol. The summed E-state index contributed by atoms with van der Waals surface area (Å²) in [5.41, 5.74) is 3.46. The molecular formula is C26H23N2O6-. The van der Waals surface area contributed by atoms with E-state index in [2.05, 4.69) is 10.3 Å². The number of aromatic amines is 1. The van der Waals surface area contributed by atoms with Gasteiger partial charge in [-0.3, -0.25) is 4.79 Å². The van der Waals surface area contributed by atoms with Gasteiger partial charge in [0.2, 0.25) is 0 Å². The number of carbonyl (C=O) groups excluding carboxylic acids is 2. The third-order valence-corrected chi connectivity index (χ3v) is 6.33. The molecule has 0 bridgehead atoms. The van der Waals surface area contributed by atoms with Crippen molar-refractivity contribution >= 4 is 33.7 Å². The van der Waals surface area contributed by atoms with Crippen molar-refractivity contribution in [1.29, 1.82) is 0 Å². The maximum Gasteiger partial charge on any atom is 0.339 e. The first kappa shape index (κ1) is 21.8. The summed E-state index contributed by atoms with van der Waals surface area (Å²) in [6, 6.07) is 11.4. The number of carbonyl (C=O) groups is 2. The number of para-hydroxylation sites is 1. The average Bonchev–Trinajstić information content (AvgIpc) is 3.46. The Morgan fingerprint density at radius 2 is 1.94 bits per heavy atom. The molecule has 5 rings (SSSR count). The highest BCUT2D eigenvalue weighted by molar-refractivity contribution is 5.88. The van der Waals surface area contributed by atoms with Crippen LogP contribution in [-0.2, 0) is 28.9 Å². The lowest BCUT2D eigenvalue weighted by molar-refractivity contribution is -0.308. The number of fused-ring (bicyclic) bond motifs is 4. The molecule has 0 radical (unpaired) electrons. The van der Waals surface area contributed by atoms with Crippen molar-refractivity contribution in [3.05, 3.63) is 75.8 Å². The van der Waals surface area contributed by atoms with Crippen LogP contribution in [0.4, 0.5) is 0 Å². The zero-order chi connectivity index (χ0) is 23.8. The fraction of sp³-hybridized carbons (Fsp3) is 0.269. The van der Waals surface area contributed by atoms with Crippen LogP contribution in [0.25, 0.3) is 21.9 Å². The van der Waals surface area contributed by atoms with Crippen LogP contribution in [0.1, 0.15) is 30.0 Å². The van der Waals surface area contributed by atoms with E-state index in [1.807, 2.05) is 30.3 Å². The van der Waals surface area contributed by atoms with E-state index in [-0.39, 0.29) is 12.0 Å². The van der Waals surface area contributed by atoms with Gasteiger partial charge in [-0.25, -0.2) is 4.79 Å². The molecule has 1 amide bonds. The minimum Gasteiger partial charge on any atom is -0.548 e. The summed E-state index contributed by atoms with van der Waals surface area (Å²) < 4.78 is 11.2. The lowest BCUT2D eigenvalue weighted by Gasteiger charge is -2.22. The van der Waals surface area contributed by atoms with Crippen molar-refractivity contribution in [3.63, 3.8) is 0 Å². The van der Waals surface area contributed by atoms with Gasteiger partial charge in [-0.1, -0.05) is 18.2 Å². The highest BCUT2D eigenvalue weighted by atomic mass is 16.5. The number of H-pyrrole nitrogens is 1. The molecular weight excluding hydrogens is 436 g/mol. The first-order chi connectivity index (χ1) is 16.4. The Balaban J connectivity index is 1.30. The largest absolute Gasteiger partial charge is 0.548 e. The Labute approximate surface area is 194 Å². The molecule has 174 valence electrons. The Kier molecular flexibility index (Phi) is 5.57. The Morgan fingerprint density at radius 3 is 2.76 bits per heavy atom. The van der Waals surface area contributed by atoms with Crippen molar-refractivity contribution in [2.75, 3.05) is 0 Å². The molecule has 0 spiro atoms. The lowest BCUT2D eigenvalue weighted by Crippen LogP contribution is -2.52. The van der Waals surface area contributed by atoms with Gasteiger partial charge in [-0.2, -0.15) is 0 Å². The molecule has 1 aliphatic carbocycles. The van der Waals surface area contributed by atoms with Gasteiger partial charge in [0, 0.05) is 40.5 Å². The van der Waals surface area contributed by atoms with E-state index in [1.165, 1.54) is 6.92 Å². The number of aliphatic carboxylic acids is 1. The highest BCUT2D eigenvalue weighted by Gasteiger charge is 2.23. The quantitative estimate of drug-likeness (QED) is 0.408. The minimum absolute atomic E-state index is 0.0665. The van der Waals surface area contributed by atoms with Crippen molar-refractivity contribution in [3.8, 4) is 5.75 Å². The lowest BCUT2D eigenvalue weighted by atomic mass is 10.0. The molecule has 2 aromatic heterocycles. The summed E-state index contributed by atoms with van der Waals surface area (Å²) in [6.45, 7) is 1.52. The summed E-state index contributed by atoms with van der Waals surface area (Å²) in [5.74, 6) is -1.63. The molecule has 2 atom stereocenters. The zero-order valence-electron chi connectivity index (χ0n) is 18.6. The first-order valence-electron chi connectivity index (χ1n) is 11.2. The fourth-order valence-corrected chi connectivity index (χ4v) is 4.60. The van der Waals surface area contributed by atoms with Crippen LogP contribution in [0.15, 0.2) is 57.9 Å². The van der Waals surface area contributed by atoms with Gasteiger partial charge in [0.25, 0.3) is 5.91 Å². The van der Waals surface area contributed by atoms with Gasteiger partial charge < -0.3 is 29.4 Å². The van der Waals surface area contributed by atoms with E-state index in [4.69, 9.17) is 9.15 Å². The second-order valence-electron chi connectivity index (χ2n) is 8.56. The van der Waals surface area contributed by atoms with E-state index >= 15 is 0 Å². The van der Waals surface area contributed by atoms with Gasteiger partial charge in [-0.15, -0.1) is 0 Å². The second-order valence-corrected chi connectivity index (χ2v) is 8.56. The van der Waals surface area contributed by atoms with Gasteiger partial charge in [0.05, 0.1) is 12.0 Å². The highest BCUT2D eigenvalue weighted by Crippen LogP contribution is 2.30. The molecule has 2 N–H and O–H groups in total. The van der Waals surface area contributed by atoms with Crippen LogP contribution in [-0.4, -0.2) is 29.0 Å². The van der Waals surface area contributed by atoms with E-state index in [1.54, 1.807) is 18.3 Å². The molecule has 0 aliphatic heterocycles. The first-order valence-corrected chi connectivity index (χ1v) is 11.2. The van der Waals surface area contributed by atoms with Crippen molar-refractivity contribution in [2.45, 2.75) is 44.8 Å². The van der Waals surface area contributed by atoms with Crippen molar-refractivity contribution in [2.24, 2.45) is 0 Å². The van der Waals surface area contributed by atoms with Gasteiger partial charge in [-0.05, 0) is 55.5 Å². The maximum absolute atomic E-state index is 12.7. The second kappa shape index (κ2) is 8.70. The number of carboxylic acid groups (broad SMARTS) is 1. The van der Waals surface area contributed by atoms with Crippen LogP contribution >= 0.6 is 0 Å². The summed E-state index contributed by atoms with van der Waals surface area (Å²) in [4.78, 5) is 39.8. The van der Waals surface area contributed by atoms with Crippen LogP contribution in [0, 0.1) is 0 Å². The summed E-state index contributed by atoms with van der Waals surface area (Å²) >= 11 is 0. The molecule has 8 heteroatoms. The fourth-order valence-electron chi connectivity index (χ4n) is 4.60. The van der Waals surface area contributed by atoms with E-state index in [9.17, 15) is 19.5 Å². The standard InChI is InChI=1S/C26H24N2O6/c1-14(33-16-9-10-19-18-6-4-7-20(18)26(32)34-23(19)12-16)24(29)28-22(25(30)31)11-15-13-27-21-8-3-2-5-17(15)21/h2-3,5,8-10,12-14,22,27H,4,6-7,11H2,1H3,(H,28,29)(H,30,31)/p-1/t14-,22-/m0/s1. The number of hydrogen-bond acceptors (Lipinski definition) is 6. The number of aromatic nitrogens is 1. The molecule has 0 fully saturated rings.